The zero-order chi connectivity index (χ0) is 17.9. The first-order chi connectivity index (χ1) is 12.7. The van der Waals surface area contributed by atoms with Gasteiger partial charge in [-0.1, -0.05) is 18.2 Å². The highest BCUT2D eigenvalue weighted by molar-refractivity contribution is 5.94. The predicted molar refractivity (Wildman–Crippen MR) is 93.6 cm³/mol. The summed E-state index contributed by atoms with van der Waals surface area (Å²) in [6.07, 6.45) is 1.57. The molecular weight excluding hydrogens is 334 g/mol. The summed E-state index contributed by atoms with van der Waals surface area (Å²) in [5, 5.41) is 9.48. The fourth-order valence-electron chi connectivity index (χ4n) is 2.86. The van der Waals surface area contributed by atoms with Gasteiger partial charge in [-0.25, -0.2) is 4.98 Å². The van der Waals surface area contributed by atoms with Gasteiger partial charge >= 0.3 is 0 Å². The van der Waals surface area contributed by atoms with Crippen molar-refractivity contribution in [1.29, 1.82) is 0 Å². The number of aromatic nitrogens is 3. The summed E-state index contributed by atoms with van der Waals surface area (Å²) in [4.78, 5) is 30.4. The van der Waals surface area contributed by atoms with Crippen LogP contribution in [0.5, 0.6) is 5.75 Å². The van der Waals surface area contributed by atoms with Crippen LogP contribution in [0.15, 0.2) is 42.6 Å². The average Bonchev–Trinajstić information content (AvgIpc) is 3.07. The van der Waals surface area contributed by atoms with Gasteiger partial charge in [0.2, 0.25) is 0 Å². The summed E-state index contributed by atoms with van der Waals surface area (Å²) in [6, 6.07) is 11.0. The smallest absolute Gasteiger partial charge is 0.269 e. The molecule has 1 aromatic carbocycles. The maximum atomic E-state index is 12.3. The number of para-hydroxylation sites is 1. The van der Waals surface area contributed by atoms with Crippen molar-refractivity contribution in [3.05, 3.63) is 53.9 Å². The van der Waals surface area contributed by atoms with E-state index in [2.05, 4.69) is 20.5 Å². The van der Waals surface area contributed by atoms with Crippen molar-refractivity contribution in [3.63, 3.8) is 0 Å². The zero-order valence-electron chi connectivity index (χ0n) is 13.9. The molecule has 2 N–H and O–H groups in total. The van der Waals surface area contributed by atoms with E-state index in [1.165, 1.54) is 0 Å². The summed E-state index contributed by atoms with van der Waals surface area (Å²) < 4.78 is 5.52. The fourth-order valence-corrected chi connectivity index (χ4v) is 2.86. The van der Waals surface area contributed by atoms with Crippen molar-refractivity contribution in [2.75, 3.05) is 19.7 Å². The molecule has 0 radical (unpaired) electrons. The third-order valence-electron chi connectivity index (χ3n) is 4.23. The first-order valence-electron chi connectivity index (χ1n) is 8.27. The Kier molecular flexibility index (Phi) is 4.22. The normalized spacial score (nSPS) is 13.8. The summed E-state index contributed by atoms with van der Waals surface area (Å²) in [6.45, 7) is 1.20. The third-order valence-corrected chi connectivity index (χ3v) is 4.23. The lowest BCUT2D eigenvalue weighted by molar-refractivity contribution is -0.133. The Labute approximate surface area is 149 Å². The van der Waals surface area contributed by atoms with Crippen LogP contribution in [0.3, 0.4) is 0 Å². The standard InChI is InChI=1S/C18H17N5O3/c24-17-11-26-16-4-2-1-3-12(16)10-23(17)8-7-19-18(25)14-6-5-13-15(21-14)9-20-22-13/h1-6,9H,7-8,10-11H2,(H,19,25)(H,20,22). The largest absolute Gasteiger partial charge is 0.483 e. The minimum absolute atomic E-state index is 0.00364. The molecule has 0 spiro atoms. The molecule has 0 saturated heterocycles. The second kappa shape index (κ2) is 6.83. The molecule has 4 rings (SSSR count). The molecule has 0 aliphatic carbocycles. The monoisotopic (exact) mass is 351 g/mol. The van der Waals surface area contributed by atoms with E-state index in [4.69, 9.17) is 4.74 Å². The van der Waals surface area contributed by atoms with Crippen LogP contribution in [-0.2, 0) is 11.3 Å². The van der Waals surface area contributed by atoms with Crippen molar-refractivity contribution in [3.8, 4) is 5.75 Å². The molecule has 0 unspecified atom stereocenters. The van der Waals surface area contributed by atoms with Crippen LogP contribution in [0.2, 0.25) is 0 Å². The lowest BCUT2D eigenvalue weighted by atomic mass is 10.2. The van der Waals surface area contributed by atoms with Crippen molar-refractivity contribution in [1.82, 2.24) is 25.4 Å². The Morgan fingerprint density at radius 2 is 2.15 bits per heavy atom. The molecule has 1 aliphatic heterocycles. The number of hydrogen-bond acceptors (Lipinski definition) is 5. The number of pyridine rings is 1. The van der Waals surface area contributed by atoms with Crippen LogP contribution >= 0.6 is 0 Å². The minimum Gasteiger partial charge on any atom is -0.483 e. The van der Waals surface area contributed by atoms with Gasteiger partial charge in [-0.2, -0.15) is 5.10 Å². The number of H-pyrrole nitrogens is 1. The molecule has 2 aromatic heterocycles. The number of amides is 2. The number of fused-ring (bicyclic) bond motifs is 2. The van der Waals surface area contributed by atoms with Crippen LogP contribution in [0, 0.1) is 0 Å². The molecular formula is C18H17N5O3. The Bertz CT molecular complexity index is 968. The Morgan fingerprint density at radius 3 is 3.08 bits per heavy atom. The van der Waals surface area contributed by atoms with Crippen LogP contribution in [-0.4, -0.2) is 51.6 Å². The van der Waals surface area contributed by atoms with E-state index < -0.39 is 0 Å². The van der Waals surface area contributed by atoms with E-state index in [1.54, 1.807) is 23.2 Å². The highest BCUT2D eigenvalue weighted by atomic mass is 16.5. The SMILES string of the molecule is O=C(NCCN1Cc2ccccc2OCC1=O)c1ccc2[nH]ncc2n1. The molecule has 0 fully saturated rings. The molecule has 8 nitrogen and oxygen atoms in total. The highest BCUT2D eigenvalue weighted by Crippen LogP contribution is 2.22. The van der Waals surface area contributed by atoms with Crippen LogP contribution in [0.25, 0.3) is 11.0 Å². The molecule has 8 heteroatoms. The predicted octanol–water partition coefficient (Wildman–Crippen LogP) is 1.11. The van der Waals surface area contributed by atoms with Crippen LogP contribution < -0.4 is 10.1 Å². The van der Waals surface area contributed by atoms with Gasteiger partial charge in [-0.15, -0.1) is 0 Å². The van der Waals surface area contributed by atoms with E-state index in [1.807, 2.05) is 24.3 Å². The molecule has 26 heavy (non-hydrogen) atoms. The number of nitrogens with zero attached hydrogens (tertiary/aromatic N) is 3. The molecule has 2 amide bonds. The van der Waals surface area contributed by atoms with Crippen LogP contribution in [0.1, 0.15) is 16.1 Å². The Hall–Kier alpha value is -3.42. The molecule has 0 bridgehead atoms. The van der Waals surface area contributed by atoms with Crippen molar-refractivity contribution >= 4 is 22.8 Å². The lowest BCUT2D eigenvalue weighted by Gasteiger charge is -2.20. The van der Waals surface area contributed by atoms with Gasteiger partial charge in [0.15, 0.2) is 6.61 Å². The molecule has 3 heterocycles. The van der Waals surface area contributed by atoms with E-state index in [-0.39, 0.29) is 18.4 Å². The average molecular weight is 351 g/mol. The van der Waals surface area contributed by atoms with Gasteiger partial charge in [-0.05, 0) is 18.2 Å². The Morgan fingerprint density at radius 1 is 1.27 bits per heavy atom. The summed E-state index contributed by atoms with van der Waals surface area (Å²) in [7, 11) is 0. The van der Waals surface area contributed by atoms with Crippen molar-refractivity contribution in [2.24, 2.45) is 0 Å². The first kappa shape index (κ1) is 16.1. The highest BCUT2D eigenvalue weighted by Gasteiger charge is 2.21. The fraction of sp³-hybridized carbons (Fsp3) is 0.222. The number of carbonyl (C=O) groups excluding carboxylic acids is 2. The molecule has 132 valence electrons. The van der Waals surface area contributed by atoms with Gasteiger partial charge in [0.05, 0.1) is 11.7 Å². The number of nitrogens with one attached hydrogen (secondary N) is 2. The zero-order valence-corrected chi connectivity index (χ0v) is 13.9. The molecule has 3 aromatic rings. The number of ether oxygens (including phenoxy) is 1. The number of aromatic amines is 1. The van der Waals surface area contributed by atoms with Gasteiger partial charge in [0.1, 0.15) is 17.0 Å². The van der Waals surface area contributed by atoms with Crippen LogP contribution in [0.4, 0.5) is 0 Å². The maximum absolute atomic E-state index is 12.3. The van der Waals surface area contributed by atoms with E-state index in [0.29, 0.717) is 30.8 Å². The minimum atomic E-state index is -0.285. The summed E-state index contributed by atoms with van der Waals surface area (Å²) >= 11 is 0. The van der Waals surface area contributed by atoms with Crippen molar-refractivity contribution in [2.45, 2.75) is 6.54 Å². The van der Waals surface area contributed by atoms with E-state index in [9.17, 15) is 9.59 Å². The number of benzene rings is 1. The maximum Gasteiger partial charge on any atom is 0.269 e. The molecule has 0 saturated carbocycles. The van der Waals surface area contributed by atoms with E-state index in [0.717, 1.165) is 16.8 Å². The molecule has 1 aliphatic rings. The second-order valence-corrected chi connectivity index (χ2v) is 5.97. The van der Waals surface area contributed by atoms with Gasteiger partial charge in [-0.3, -0.25) is 14.7 Å². The number of hydrogen-bond donors (Lipinski definition) is 2. The number of carbonyl (C=O) groups is 2. The van der Waals surface area contributed by atoms with E-state index >= 15 is 0 Å². The number of rotatable bonds is 4. The van der Waals surface area contributed by atoms with Gasteiger partial charge < -0.3 is 15.0 Å². The summed E-state index contributed by atoms with van der Waals surface area (Å²) in [5.74, 6) is 0.338. The molecule has 0 atom stereocenters. The first-order valence-corrected chi connectivity index (χ1v) is 8.27. The topological polar surface area (TPSA) is 100 Å². The lowest BCUT2D eigenvalue weighted by Crippen LogP contribution is -2.39. The van der Waals surface area contributed by atoms with Gasteiger partial charge in [0.25, 0.3) is 11.8 Å². The quantitative estimate of drug-likeness (QED) is 0.733. The Balaban J connectivity index is 1.37. The second-order valence-electron chi connectivity index (χ2n) is 5.97. The summed E-state index contributed by atoms with van der Waals surface area (Å²) in [5.41, 5.74) is 2.68. The third kappa shape index (κ3) is 3.21. The van der Waals surface area contributed by atoms with Crippen molar-refractivity contribution < 1.29 is 14.3 Å². The van der Waals surface area contributed by atoms with Gasteiger partial charge in [0, 0.05) is 25.2 Å².